The van der Waals surface area contributed by atoms with Crippen molar-refractivity contribution in [2.24, 2.45) is 17.4 Å². The van der Waals surface area contributed by atoms with Gasteiger partial charge >= 0.3 is 5.97 Å². The summed E-state index contributed by atoms with van der Waals surface area (Å²) in [6, 6.07) is -1.54. The number of hydrogen-bond acceptors (Lipinski definition) is 13. The summed E-state index contributed by atoms with van der Waals surface area (Å²) in [6.07, 6.45) is 23.8. The maximum Gasteiger partial charge on any atom is 0.320 e. The lowest BCUT2D eigenvalue weighted by Crippen LogP contribution is -2.39. The molecule has 0 spiro atoms. The third kappa shape index (κ3) is 59.3. The van der Waals surface area contributed by atoms with Crippen LogP contribution in [0.15, 0.2) is 0 Å². The molecule has 390 valence electrons. The van der Waals surface area contributed by atoms with Crippen molar-refractivity contribution in [1.82, 2.24) is 16.0 Å². The first kappa shape index (κ1) is 71.4. The highest BCUT2D eigenvalue weighted by atomic mass is 16.5. The molecule has 18 nitrogen and oxygen atoms in total. The SMILES string of the molecule is CCCCCCCCCCCCCCCCNC(CCC(=O)CCCOCCOCCNC)C(=O)O.CCCOCCOCC(=O)NCCCC[C@H](C)C(C)=O.NC(=O)[C@@H](N)CO.O.O. The molecule has 0 aromatic heterocycles. The second-order valence-electron chi connectivity index (χ2n) is 16.2. The average Bonchev–Trinajstić information content (AvgIpc) is 3.26. The summed E-state index contributed by atoms with van der Waals surface area (Å²) in [6.45, 7) is 13.7. The van der Waals surface area contributed by atoms with Crippen molar-refractivity contribution < 1.29 is 64.1 Å². The molecule has 0 aromatic rings. The normalized spacial score (nSPS) is 11.9. The summed E-state index contributed by atoms with van der Waals surface area (Å²) in [5.41, 5.74) is 9.51. The molecule has 0 aliphatic heterocycles. The highest BCUT2D eigenvalue weighted by molar-refractivity contribution is 5.80. The molecular weight excluding hydrogens is 843 g/mol. The molecule has 0 aromatic carbocycles. The number of primary amides is 1. The van der Waals surface area contributed by atoms with E-state index in [1.807, 2.05) is 20.9 Å². The topological polar surface area (TPSA) is 314 Å². The predicted molar refractivity (Wildman–Crippen MR) is 259 cm³/mol. The summed E-state index contributed by atoms with van der Waals surface area (Å²) >= 11 is 0. The highest BCUT2D eigenvalue weighted by Gasteiger charge is 2.18. The van der Waals surface area contributed by atoms with Gasteiger partial charge in [0, 0.05) is 45.1 Å². The Bertz CT molecular complexity index is 1060. The number of likely N-dealkylation sites (N-methyl/N-ethyl adjacent to an activating group) is 1. The van der Waals surface area contributed by atoms with E-state index in [0.29, 0.717) is 78.4 Å². The van der Waals surface area contributed by atoms with E-state index in [1.54, 1.807) is 6.92 Å². The minimum absolute atomic E-state index is 0. The summed E-state index contributed by atoms with van der Waals surface area (Å²) < 4.78 is 21.2. The number of aliphatic hydroxyl groups excluding tert-OH is 1. The Kier molecular flexibility index (Phi) is 63.1. The van der Waals surface area contributed by atoms with Crippen LogP contribution in [0.2, 0.25) is 0 Å². The number of carboxylic acid groups (broad SMARTS) is 1. The van der Waals surface area contributed by atoms with Crippen LogP contribution in [0.25, 0.3) is 0 Å². The van der Waals surface area contributed by atoms with Crippen molar-refractivity contribution >= 4 is 29.4 Å². The van der Waals surface area contributed by atoms with Gasteiger partial charge in [0.15, 0.2) is 0 Å². The van der Waals surface area contributed by atoms with Gasteiger partial charge in [-0.15, -0.1) is 0 Å². The smallest absolute Gasteiger partial charge is 0.320 e. The average molecular weight is 942 g/mol. The zero-order chi connectivity index (χ0) is 47.6. The number of aliphatic hydroxyl groups is 1. The van der Waals surface area contributed by atoms with Crippen molar-refractivity contribution in [3.05, 3.63) is 0 Å². The Morgan fingerprint density at radius 3 is 1.58 bits per heavy atom. The molecular formula is C47H99N5O13. The van der Waals surface area contributed by atoms with E-state index in [2.05, 4.69) is 28.6 Å². The number of amides is 2. The molecule has 13 N–H and O–H groups in total. The first-order chi connectivity index (χ1) is 30.4. The number of aliphatic carboxylic acids is 1. The summed E-state index contributed by atoms with van der Waals surface area (Å²) in [5, 5.41) is 26.5. The molecule has 0 heterocycles. The molecule has 0 bridgehead atoms. The van der Waals surface area contributed by atoms with Crippen molar-refractivity contribution in [3.63, 3.8) is 0 Å². The molecule has 65 heavy (non-hydrogen) atoms. The Hall–Kier alpha value is -2.65. The van der Waals surface area contributed by atoms with Gasteiger partial charge in [0.1, 0.15) is 30.3 Å². The molecule has 0 rings (SSSR count). The lowest BCUT2D eigenvalue weighted by atomic mass is 10.0. The van der Waals surface area contributed by atoms with Gasteiger partial charge in [-0.2, -0.15) is 0 Å². The number of rotatable bonds is 45. The second kappa shape index (κ2) is 57.5. The zero-order valence-electron chi connectivity index (χ0n) is 41.5. The fourth-order valence-electron chi connectivity index (χ4n) is 5.88. The van der Waals surface area contributed by atoms with Crippen LogP contribution in [0.3, 0.4) is 0 Å². The van der Waals surface area contributed by atoms with Gasteiger partial charge < -0.3 is 67.5 Å². The third-order valence-corrected chi connectivity index (χ3v) is 10.1. The van der Waals surface area contributed by atoms with Crippen LogP contribution >= 0.6 is 0 Å². The van der Waals surface area contributed by atoms with E-state index in [1.165, 1.54) is 77.0 Å². The second-order valence-corrected chi connectivity index (χ2v) is 16.2. The number of carboxylic acids is 1. The third-order valence-electron chi connectivity index (χ3n) is 10.1. The van der Waals surface area contributed by atoms with Gasteiger partial charge in [-0.25, -0.2) is 0 Å². The summed E-state index contributed by atoms with van der Waals surface area (Å²) in [7, 11) is 1.88. The van der Waals surface area contributed by atoms with Gasteiger partial charge in [0.05, 0.1) is 39.6 Å². The molecule has 0 radical (unpaired) electrons. The van der Waals surface area contributed by atoms with Crippen molar-refractivity contribution in [2.75, 3.05) is 86.1 Å². The number of carbonyl (C=O) groups excluding carboxylic acids is 4. The monoisotopic (exact) mass is 942 g/mol. The first-order valence-electron chi connectivity index (χ1n) is 24.2. The number of ketones is 2. The molecule has 18 heteroatoms. The standard InChI is InChI=1S/C29H58N2O5.C15H29NO4.C3H8N2O2.2H2O/c1-3-4-5-6-7-8-9-10-11-12-13-14-15-16-21-31-28(29(33)34)20-19-27(32)18-17-23-35-25-26-36-24-22-30-2;1-4-9-19-10-11-20-12-15(18)16-8-6-5-7-13(2)14(3)17;4-2(1-6)3(5)7;;/h28,30-31H,3-26H2,1-2H3,(H,33,34);13H,4-12H2,1-3H3,(H,16,18);2,6H,1,4H2,(H2,5,7);2*1H2/t;13-;2-;;/m.00../s1. The molecule has 0 fully saturated rings. The number of carbonyl (C=O) groups is 5. The summed E-state index contributed by atoms with van der Waals surface area (Å²) in [5.74, 6) is -1.18. The van der Waals surface area contributed by atoms with E-state index in [9.17, 15) is 29.1 Å². The first-order valence-corrected chi connectivity index (χ1v) is 24.2. The van der Waals surface area contributed by atoms with E-state index < -0.39 is 24.0 Å². The minimum atomic E-state index is -0.903. The molecule has 0 aliphatic carbocycles. The molecule has 2 amide bonds. The number of ether oxygens (including phenoxy) is 4. The van der Waals surface area contributed by atoms with E-state index in [4.69, 9.17) is 29.8 Å². The maximum atomic E-state index is 12.1. The maximum absolute atomic E-state index is 12.1. The Morgan fingerprint density at radius 1 is 0.600 bits per heavy atom. The molecule has 0 saturated heterocycles. The highest BCUT2D eigenvalue weighted by Crippen LogP contribution is 2.13. The number of nitrogens with one attached hydrogen (secondary N) is 3. The van der Waals surface area contributed by atoms with E-state index >= 15 is 0 Å². The van der Waals surface area contributed by atoms with Crippen molar-refractivity contribution in [3.8, 4) is 0 Å². The lowest BCUT2D eigenvalue weighted by Gasteiger charge is -2.14. The predicted octanol–water partition coefficient (Wildman–Crippen LogP) is 3.98. The Balaban J connectivity index is -0.000000347. The number of nitrogens with two attached hydrogens (primary N) is 2. The molecule has 0 aliphatic rings. The summed E-state index contributed by atoms with van der Waals surface area (Å²) in [4.78, 5) is 55.9. The fraction of sp³-hybridized carbons (Fsp3) is 0.894. The Labute approximate surface area is 393 Å². The number of unbranched alkanes of at least 4 members (excludes halogenated alkanes) is 14. The minimum Gasteiger partial charge on any atom is -0.480 e. The Morgan fingerprint density at radius 2 is 1.11 bits per heavy atom. The number of Topliss-reactive ketones (excluding diaryl/α,β-unsaturated/α-hetero) is 2. The van der Waals surface area contributed by atoms with Crippen LogP contribution in [0.4, 0.5) is 0 Å². The van der Waals surface area contributed by atoms with Gasteiger partial charge in [-0.3, -0.25) is 24.0 Å². The number of hydrogen-bond donors (Lipinski definition) is 7. The van der Waals surface area contributed by atoms with Crippen LogP contribution in [0, 0.1) is 5.92 Å². The lowest BCUT2D eigenvalue weighted by molar-refractivity contribution is -0.139. The van der Waals surface area contributed by atoms with Crippen LogP contribution < -0.4 is 27.4 Å². The van der Waals surface area contributed by atoms with Crippen LogP contribution in [-0.4, -0.2) is 149 Å². The van der Waals surface area contributed by atoms with Crippen LogP contribution in [-0.2, 0) is 42.9 Å². The van der Waals surface area contributed by atoms with Crippen LogP contribution in [0.1, 0.15) is 169 Å². The fourth-order valence-corrected chi connectivity index (χ4v) is 5.88. The molecule has 3 atom stereocenters. The van der Waals surface area contributed by atoms with Gasteiger partial charge in [-0.05, 0) is 59.0 Å². The molecule has 0 saturated carbocycles. The zero-order valence-corrected chi connectivity index (χ0v) is 41.5. The largest absolute Gasteiger partial charge is 0.480 e. The quantitative estimate of drug-likeness (QED) is 0.0425. The van der Waals surface area contributed by atoms with E-state index in [0.717, 1.165) is 51.7 Å². The van der Waals surface area contributed by atoms with Crippen molar-refractivity contribution in [1.29, 1.82) is 0 Å². The van der Waals surface area contributed by atoms with E-state index in [-0.39, 0.29) is 47.6 Å². The van der Waals surface area contributed by atoms with Crippen LogP contribution in [0.5, 0.6) is 0 Å². The van der Waals surface area contributed by atoms with Gasteiger partial charge in [-0.1, -0.05) is 111 Å². The van der Waals surface area contributed by atoms with Crippen molar-refractivity contribution in [2.45, 2.75) is 181 Å². The van der Waals surface area contributed by atoms with Gasteiger partial charge in [0.25, 0.3) is 0 Å². The molecule has 1 unspecified atom stereocenters. The van der Waals surface area contributed by atoms with Gasteiger partial charge in [0.2, 0.25) is 11.8 Å².